The molecule has 2 aromatic carbocycles. The summed E-state index contributed by atoms with van der Waals surface area (Å²) in [6.07, 6.45) is 0. The molecule has 4 heteroatoms. The number of rotatable bonds is 3. The van der Waals surface area contributed by atoms with Crippen LogP contribution in [0.2, 0.25) is 5.02 Å². The zero-order chi connectivity index (χ0) is 12.3. The lowest BCUT2D eigenvalue weighted by Gasteiger charge is -2.10. The quantitative estimate of drug-likeness (QED) is 0.639. The minimum absolute atomic E-state index is 0.713. The highest BCUT2D eigenvalue weighted by molar-refractivity contribution is 14.1. The third kappa shape index (κ3) is 3.26. The fourth-order valence-corrected chi connectivity index (χ4v) is 2.58. The number of benzene rings is 2. The third-order valence-corrected chi connectivity index (χ3v) is 3.58. The van der Waals surface area contributed by atoms with E-state index in [1.807, 2.05) is 42.5 Å². The van der Waals surface area contributed by atoms with Crippen LogP contribution in [0, 0.1) is 3.57 Å². The van der Waals surface area contributed by atoms with Crippen molar-refractivity contribution in [1.29, 1.82) is 0 Å². The first-order chi connectivity index (χ1) is 8.16. The Balaban J connectivity index is 2.10. The maximum Gasteiger partial charge on any atom is 0.0479 e. The molecule has 88 valence electrons. The van der Waals surface area contributed by atoms with E-state index in [1.165, 1.54) is 0 Å². The van der Waals surface area contributed by atoms with Crippen LogP contribution < -0.4 is 11.1 Å². The molecule has 0 aliphatic rings. The van der Waals surface area contributed by atoms with Crippen LogP contribution in [-0.2, 0) is 6.54 Å². The summed E-state index contributed by atoms with van der Waals surface area (Å²) in [7, 11) is 0. The fourth-order valence-electron chi connectivity index (χ4n) is 1.52. The van der Waals surface area contributed by atoms with E-state index in [1.54, 1.807) is 0 Å². The second-order valence-electron chi connectivity index (χ2n) is 3.68. The largest absolute Gasteiger partial charge is 0.398 e. The molecular weight excluding hydrogens is 347 g/mol. The molecule has 0 saturated heterocycles. The van der Waals surface area contributed by atoms with Crippen LogP contribution in [0.4, 0.5) is 11.4 Å². The van der Waals surface area contributed by atoms with E-state index < -0.39 is 0 Å². The van der Waals surface area contributed by atoms with E-state index in [2.05, 4.69) is 27.9 Å². The number of nitrogen functional groups attached to an aromatic ring is 1. The van der Waals surface area contributed by atoms with E-state index >= 15 is 0 Å². The van der Waals surface area contributed by atoms with Gasteiger partial charge in [0.05, 0.1) is 0 Å². The van der Waals surface area contributed by atoms with Gasteiger partial charge in [-0.15, -0.1) is 0 Å². The number of para-hydroxylation sites is 1. The lowest BCUT2D eigenvalue weighted by atomic mass is 10.2. The fraction of sp³-hybridized carbons (Fsp3) is 0.0769. The molecule has 0 unspecified atom stereocenters. The molecule has 0 bridgehead atoms. The molecular formula is C13H12ClIN2. The van der Waals surface area contributed by atoms with Crippen molar-refractivity contribution in [2.75, 3.05) is 11.1 Å². The van der Waals surface area contributed by atoms with Gasteiger partial charge in [-0.2, -0.15) is 0 Å². The Kier molecular flexibility index (Phi) is 4.12. The van der Waals surface area contributed by atoms with E-state index in [4.69, 9.17) is 17.3 Å². The molecule has 0 aromatic heterocycles. The van der Waals surface area contributed by atoms with Gasteiger partial charge in [-0.3, -0.25) is 0 Å². The monoisotopic (exact) mass is 358 g/mol. The maximum atomic E-state index is 5.91. The molecule has 0 heterocycles. The molecule has 0 spiro atoms. The van der Waals surface area contributed by atoms with Crippen LogP contribution in [0.5, 0.6) is 0 Å². The van der Waals surface area contributed by atoms with Gasteiger partial charge < -0.3 is 11.1 Å². The molecule has 2 nitrogen and oxygen atoms in total. The normalized spacial score (nSPS) is 10.2. The highest BCUT2D eigenvalue weighted by atomic mass is 127. The van der Waals surface area contributed by atoms with E-state index in [-0.39, 0.29) is 0 Å². The molecule has 0 aliphatic heterocycles. The van der Waals surface area contributed by atoms with Gasteiger partial charge in [0.15, 0.2) is 0 Å². The van der Waals surface area contributed by atoms with Crippen LogP contribution in [0.1, 0.15) is 5.56 Å². The molecule has 2 rings (SSSR count). The maximum absolute atomic E-state index is 5.91. The van der Waals surface area contributed by atoms with Gasteiger partial charge in [0.25, 0.3) is 0 Å². The summed E-state index contributed by atoms with van der Waals surface area (Å²) >= 11 is 8.17. The first kappa shape index (κ1) is 12.5. The summed E-state index contributed by atoms with van der Waals surface area (Å²) in [4.78, 5) is 0. The Labute approximate surface area is 119 Å². The van der Waals surface area contributed by atoms with Crippen LogP contribution in [0.25, 0.3) is 0 Å². The number of anilines is 2. The number of hydrogen-bond donors (Lipinski definition) is 2. The number of hydrogen-bond acceptors (Lipinski definition) is 2. The van der Waals surface area contributed by atoms with Gasteiger partial charge in [0, 0.05) is 26.5 Å². The van der Waals surface area contributed by atoms with Crippen molar-refractivity contribution in [3.63, 3.8) is 0 Å². The molecule has 0 amide bonds. The van der Waals surface area contributed by atoms with Crippen molar-refractivity contribution in [3.05, 3.63) is 56.6 Å². The Morgan fingerprint density at radius 1 is 1.18 bits per heavy atom. The second-order valence-corrected chi connectivity index (χ2v) is 5.28. The zero-order valence-corrected chi connectivity index (χ0v) is 12.0. The zero-order valence-electron chi connectivity index (χ0n) is 9.08. The molecule has 3 N–H and O–H groups in total. The first-order valence-corrected chi connectivity index (χ1v) is 6.65. The first-order valence-electron chi connectivity index (χ1n) is 5.19. The summed E-state index contributed by atoms with van der Waals surface area (Å²) in [5, 5.41) is 4.10. The lowest BCUT2D eigenvalue weighted by Crippen LogP contribution is -2.03. The van der Waals surface area contributed by atoms with E-state index in [0.29, 0.717) is 6.54 Å². The average Bonchev–Trinajstić information content (AvgIpc) is 2.30. The smallest absolute Gasteiger partial charge is 0.0479 e. The summed E-state index contributed by atoms with van der Waals surface area (Å²) in [5.41, 5.74) is 8.86. The molecule has 0 atom stereocenters. The summed E-state index contributed by atoms with van der Waals surface area (Å²) in [6, 6.07) is 13.6. The Morgan fingerprint density at radius 2 is 1.94 bits per heavy atom. The van der Waals surface area contributed by atoms with Gasteiger partial charge >= 0.3 is 0 Å². The SMILES string of the molecule is Nc1ccccc1CNc1ccc(Cl)cc1I. The highest BCUT2D eigenvalue weighted by Crippen LogP contribution is 2.23. The van der Waals surface area contributed by atoms with Gasteiger partial charge in [-0.05, 0) is 52.4 Å². The highest BCUT2D eigenvalue weighted by Gasteiger charge is 2.01. The topological polar surface area (TPSA) is 38.0 Å². The van der Waals surface area contributed by atoms with Crippen LogP contribution in [-0.4, -0.2) is 0 Å². The van der Waals surface area contributed by atoms with Crippen molar-refractivity contribution in [3.8, 4) is 0 Å². The van der Waals surface area contributed by atoms with Crippen LogP contribution in [0.3, 0.4) is 0 Å². The van der Waals surface area contributed by atoms with Crippen molar-refractivity contribution in [2.45, 2.75) is 6.54 Å². The van der Waals surface area contributed by atoms with Crippen LogP contribution in [0.15, 0.2) is 42.5 Å². The van der Waals surface area contributed by atoms with Crippen LogP contribution >= 0.6 is 34.2 Å². The number of nitrogens with two attached hydrogens (primary N) is 1. The molecule has 17 heavy (non-hydrogen) atoms. The predicted octanol–water partition coefficient (Wildman–Crippen LogP) is 4.14. The summed E-state index contributed by atoms with van der Waals surface area (Å²) in [5.74, 6) is 0. The van der Waals surface area contributed by atoms with Gasteiger partial charge in [-0.25, -0.2) is 0 Å². The van der Waals surface area contributed by atoms with Crippen molar-refractivity contribution < 1.29 is 0 Å². The van der Waals surface area contributed by atoms with Gasteiger partial charge in [-0.1, -0.05) is 29.8 Å². The number of halogens is 2. The third-order valence-electron chi connectivity index (χ3n) is 2.46. The summed E-state index contributed by atoms with van der Waals surface area (Å²) in [6.45, 7) is 0.713. The van der Waals surface area contributed by atoms with E-state index in [0.717, 1.165) is 25.5 Å². The Morgan fingerprint density at radius 3 is 2.65 bits per heavy atom. The molecule has 0 radical (unpaired) electrons. The van der Waals surface area contributed by atoms with Gasteiger partial charge in [0.2, 0.25) is 0 Å². The number of nitrogens with one attached hydrogen (secondary N) is 1. The summed E-state index contributed by atoms with van der Waals surface area (Å²) < 4.78 is 1.10. The molecule has 0 aliphatic carbocycles. The minimum atomic E-state index is 0.713. The van der Waals surface area contributed by atoms with E-state index in [9.17, 15) is 0 Å². The second kappa shape index (κ2) is 5.60. The molecule has 2 aromatic rings. The minimum Gasteiger partial charge on any atom is -0.398 e. The molecule has 0 fully saturated rings. The van der Waals surface area contributed by atoms with Gasteiger partial charge in [0.1, 0.15) is 0 Å². The Hall–Kier alpha value is -0.940. The lowest BCUT2D eigenvalue weighted by molar-refractivity contribution is 1.15. The van der Waals surface area contributed by atoms with Crippen molar-refractivity contribution >= 4 is 45.6 Å². The van der Waals surface area contributed by atoms with Crippen molar-refractivity contribution in [1.82, 2.24) is 0 Å². The standard InChI is InChI=1S/C13H12ClIN2/c14-10-5-6-13(11(15)7-10)17-8-9-3-1-2-4-12(9)16/h1-7,17H,8,16H2. The predicted molar refractivity (Wildman–Crippen MR) is 82.4 cm³/mol. The average molecular weight is 359 g/mol. The van der Waals surface area contributed by atoms with Crippen molar-refractivity contribution in [2.24, 2.45) is 0 Å². The Bertz CT molecular complexity index is 529. The molecule has 0 saturated carbocycles.